The Hall–Kier alpha value is -1.87. The maximum Gasteiger partial charge on any atom is 0.416 e. The first kappa shape index (κ1) is 18.5. The standard InChI is InChI=1S/C15H17F3N2O3S/c1-2-3-14(21)19-8-10-20(11-9-19)24(22,23)13-6-4-12(5-7-13)15(16,17)18/h2-7H,8-11H2,1H3/b3-2+. The minimum Gasteiger partial charge on any atom is -0.337 e. The first-order valence-corrected chi connectivity index (χ1v) is 8.69. The van der Waals surface area contributed by atoms with Gasteiger partial charge in [-0.2, -0.15) is 17.5 Å². The lowest BCUT2D eigenvalue weighted by Crippen LogP contribution is -2.50. The van der Waals surface area contributed by atoms with Gasteiger partial charge in [-0.15, -0.1) is 0 Å². The Morgan fingerprint density at radius 2 is 1.62 bits per heavy atom. The second kappa shape index (κ2) is 6.94. The number of sulfonamides is 1. The van der Waals surface area contributed by atoms with Crippen LogP contribution in [0.5, 0.6) is 0 Å². The summed E-state index contributed by atoms with van der Waals surface area (Å²) < 4.78 is 63.8. The van der Waals surface area contributed by atoms with E-state index in [1.165, 1.54) is 15.3 Å². The molecule has 1 saturated heterocycles. The number of hydrogen-bond acceptors (Lipinski definition) is 3. The van der Waals surface area contributed by atoms with E-state index in [0.717, 1.165) is 24.3 Å². The number of nitrogens with zero attached hydrogens (tertiary/aromatic N) is 2. The number of hydrogen-bond donors (Lipinski definition) is 0. The molecule has 1 heterocycles. The molecule has 1 aromatic rings. The van der Waals surface area contributed by atoms with Crippen LogP contribution in [-0.4, -0.2) is 49.7 Å². The van der Waals surface area contributed by atoms with Gasteiger partial charge in [0.05, 0.1) is 10.5 Å². The summed E-state index contributed by atoms with van der Waals surface area (Å²) in [6.07, 6.45) is -1.51. The minimum absolute atomic E-state index is 0.104. The van der Waals surface area contributed by atoms with E-state index in [1.807, 2.05) is 0 Å². The lowest BCUT2D eigenvalue weighted by atomic mass is 10.2. The molecule has 5 nitrogen and oxygen atoms in total. The summed E-state index contributed by atoms with van der Waals surface area (Å²) in [4.78, 5) is 13.1. The molecule has 1 fully saturated rings. The molecule has 9 heteroatoms. The molecule has 0 aromatic heterocycles. The molecular weight excluding hydrogens is 345 g/mol. The molecule has 2 rings (SSSR count). The van der Waals surface area contributed by atoms with Gasteiger partial charge in [-0.1, -0.05) is 6.08 Å². The van der Waals surface area contributed by atoms with Crippen LogP contribution < -0.4 is 0 Å². The molecule has 0 N–H and O–H groups in total. The Balaban J connectivity index is 2.10. The van der Waals surface area contributed by atoms with Crippen LogP contribution in [0.4, 0.5) is 13.2 Å². The van der Waals surface area contributed by atoms with Crippen molar-refractivity contribution in [3.63, 3.8) is 0 Å². The van der Waals surface area contributed by atoms with Crippen LogP contribution in [0.25, 0.3) is 0 Å². The summed E-state index contributed by atoms with van der Waals surface area (Å²) in [7, 11) is -3.88. The van der Waals surface area contributed by atoms with E-state index < -0.39 is 21.8 Å². The highest BCUT2D eigenvalue weighted by atomic mass is 32.2. The Kier molecular flexibility index (Phi) is 5.34. The number of carbonyl (C=O) groups excluding carboxylic acids is 1. The van der Waals surface area contributed by atoms with E-state index in [4.69, 9.17) is 0 Å². The number of carbonyl (C=O) groups is 1. The molecule has 1 aromatic carbocycles. The lowest BCUT2D eigenvalue weighted by Gasteiger charge is -2.33. The summed E-state index contributed by atoms with van der Waals surface area (Å²) in [6.45, 7) is 2.40. The number of halogens is 3. The van der Waals surface area contributed by atoms with Gasteiger partial charge in [0.25, 0.3) is 0 Å². The lowest BCUT2D eigenvalue weighted by molar-refractivity contribution is -0.137. The van der Waals surface area contributed by atoms with Gasteiger partial charge in [-0.25, -0.2) is 8.42 Å². The van der Waals surface area contributed by atoms with Gasteiger partial charge >= 0.3 is 6.18 Å². The number of rotatable bonds is 3. The summed E-state index contributed by atoms with van der Waals surface area (Å²) in [6, 6.07) is 3.41. The van der Waals surface area contributed by atoms with E-state index in [2.05, 4.69) is 0 Å². The highest BCUT2D eigenvalue weighted by molar-refractivity contribution is 7.89. The second-order valence-corrected chi connectivity index (χ2v) is 7.19. The molecule has 1 aliphatic heterocycles. The first-order valence-electron chi connectivity index (χ1n) is 7.25. The predicted octanol–water partition coefficient (Wildman–Crippen LogP) is 2.11. The number of piperazine rings is 1. The van der Waals surface area contributed by atoms with Gasteiger partial charge in [0, 0.05) is 26.2 Å². The Morgan fingerprint density at radius 1 is 1.08 bits per heavy atom. The van der Waals surface area contributed by atoms with Crippen molar-refractivity contribution in [2.45, 2.75) is 18.0 Å². The zero-order chi connectivity index (χ0) is 18.0. The Bertz CT molecular complexity index is 719. The smallest absolute Gasteiger partial charge is 0.337 e. The third-order valence-corrected chi connectivity index (χ3v) is 5.59. The fourth-order valence-corrected chi connectivity index (χ4v) is 3.78. The van der Waals surface area contributed by atoms with Crippen LogP contribution >= 0.6 is 0 Å². The van der Waals surface area contributed by atoms with Gasteiger partial charge in [-0.3, -0.25) is 4.79 Å². The van der Waals surface area contributed by atoms with Gasteiger partial charge in [-0.05, 0) is 37.3 Å². The Morgan fingerprint density at radius 3 is 2.08 bits per heavy atom. The largest absolute Gasteiger partial charge is 0.416 e. The van der Waals surface area contributed by atoms with Crippen LogP contribution in [0.3, 0.4) is 0 Å². The minimum atomic E-state index is -4.51. The summed E-state index contributed by atoms with van der Waals surface area (Å²) in [5.74, 6) is -0.191. The molecule has 0 bridgehead atoms. The number of amides is 1. The third-order valence-electron chi connectivity index (χ3n) is 3.68. The average molecular weight is 362 g/mol. The summed E-state index contributed by atoms with van der Waals surface area (Å²) in [5.41, 5.74) is -0.900. The van der Waals surface area contributed by atoms with E-state index >= 15 is 0 Å². The van der Waals surface area contributed by atoms with Gasteiger partial charge in [0.2, 0.25) is 15.9 Å². The van der Waals surface area contributed by atoms with E-state index in [0.29, 0.717) is 0 Å². The summed E-state index contributed by atoms with van der Waals surface area (Å²) >= 11 is 0. The van der Waals surface area contributed by atoms with Gasteiger partial charge in [0.1, 0.15) is 0 Å². The van der Waals surface area contributed by atoms with Gasteiger partial charge in [0.15, 0.2) is 0 Å². The molecular formula is C15H17F3N2O3S. The van der Waals surface area contributed by atoms with Crippen molar-refractivity contribution in [2.24, 2.45) is 0 Å². The topological polar surface area (TPSA) is 57.7 Å². The van der Waals surface area contributed by atoms with E-state index in [-0.39, 0.29) is 37.0 Å². The molecule has 0 aliphatic carbocycles. The SMILES string of the molecule is C/C=C/C(=O)N1CCN(S(=O)(=O)c2ccc(C(F)(F)F)cc2)CC1. The molecule has 0 atom stereocenters. The normalized spacial score (nSPS) is 17.4. The highest BCUT2D eigenvalue weighted by Gasteiger charge is 2.32. The third kappa shape index (κ3) is 3.96. The van der Waals surface area contributed by atoms with E-state index in [9.17, 15) is 26.4 Å². The average Bonchev–Trinajstić information content (AvgIpc) is 2.54. The maximum absolute atomic E-state index is 12.5. The molecule has 1 aliphatic rings. The number of benzene rings is 1. The molecule has 0 unspecified atom stereocenters. The molecule has 0 saturated carbocycles. The Labute approximate surface area is 138 Å². The van der Waals surface area contributed by atoms with Crippen molar-refractivity contribution in [3.8, 4) is 0 Å². The fourth-order valence-electron chi connectivity index (χ4n) is 2.36. The second-order valence-electron chi connectivity index (χ2n) is 5.25. The zero-order valence-electron chi connectivity index (χ0n) is 13.0. The molecule has 0 radical (unpaired) electrons. The van der Waals surface area contributed by atoms with Crippen LogP contribution in [0.15, 0.2) is 41.3 Å². The van der Waals surface area contributed by atoms with Crippen molar-refractivity contribution in [1.29, 1.82) is 0 Å². The quantitative estimate of drug-likeness (QED) is 0.774. The fraction of sp³-hybridized carbons (Fsp3) is 0.400. The summed E-state index contributed by atoms with van der Waals surface area (Å²) in [5, 5.41) is 0. The van der Waals surface area contributed by atoms with E-state index in [1.54, 1.807) is 13.0 Å². The first-order chi connectivity index (χ1) is 11.2. The molecule has 132 valence electrons. The highest BCUT2D eigenvalue weighted by Crippen LogP contribution is 2.30. The van der Waals surface area contributed by atoms with Crippen molar-refractivity contribution in [2.75, 3.05) is 26.2 Å². The van der Waals surface area contributed by atoms with Crippen LogP contribution in [-0.2, 0) is 21.0 Å². The van der Waals surface area contributed by atoms with Crippen molar-refractivity contribution < 1.29 is 26.4 Å². The predicted molar refractivity (Wildman–Crippen MR) is 81.6 cm³/mol. The van der Waals surface area contributed by atoms with Crippen LogP contribution in [0.2, 0.25) is 0 Å². The number of allylic oxidation sites excluding steroid dienone is 1. The monoisotopic (exact) mass is 362 g/mol. The van der Waals surface area contributed by atoms with Crippen LogP contribution in [0.1, 0.15) is 12.5 Å². The maximum atomic E-state index is 12.5. The van der Waals surface area contributed by atoms with Crippen molar-refractivity contribution >= 4 is 15.9 Å². The molecule has 24 heavy (non-hydrogen) atoms. The molecule has 0 spiro atoms. The van der Waals surface area contributed by atoms with Crippen molar-refractivity contribution in [1.82, 2.24) is 9.21 Å². The molecule has 1 amide bonds. The number of alkyl halides is 3. The zero-order valence-corrected chi connectivity index (χ0v) is 13.8. The van der Waals surface area contributed by atoms with Crippen molar-refractivity contribution in [3.05, 3.63) is 42.0 Å². The van der Waals surface area contributed by atoms with Gasteiger partial charge < -0.3 is 4.90 Å². The van der Waals surface area contributed by atoms with Crippen LogP contribution in [0, 0.1) is 0 Å².